The van der Waals surface area contributed by atoms with Crippen molar-refractivity contribution in [2.45, 2.75) is 26.8 Å². The van der Waals surface area contributed by atoms with Crippen LogP contribution in [-0.4, -0.2) is 48.9 Å². The second kappa shape index (κ2) is 8.01. The van der Waals surface area contributed by atoms with Crippen molar-refractivity contribution in [2.24, 2.45) is 0 Å². The summed E-state index contributed by atoms with van der Waals surface area (Å²) in [5, 5.41) is 9.34. The van der Waals surface area contributed by atoms with E-state index in [2.05, 4.69) is 15.7 Å². The summed E-state index contributed by atoms with van der Waals surface area (Å²) in [5.74, 6) is -1.46. The maximum absolute atomic E-state index is 12.1. The third-order valence-corrected chi connectivity index (χ3v) is 6.28. The van der Waals surface area contributed by atoms with Gasteiger partial charge >= 0.3 is 11.8 Å². The molecule has 9 nitrogen and oxygen atoms in total. The summed E-state index contributed by atoms with van der Waals surface area (Å²) >= 11 is 0. The number of nitrogens with zero attached hydrogens (tertiary/aromatic N) is 3. The standard InChI is InChI=1S/C18H23N5O4S/c1-13-11-14(2)22(21-13)9-7-19-17(24)18(25)20-15-5-3-6-16(12-15)23-8-4-10-28(23,26)27/h3,5-6,11-12H,4,7-10H2,1-2H3,(H,19,24)(H,20,25). The minimum atomic E-state index is -3.31. The molecule has 0 bridgehead atoms. The summed E-state index contributed by atoms with van der Waals surface area (Å²) in [7, 11) is -3.31. The molecule has 1 aromatic carbocycles. The number of rotatable bonds is 5. The third kappa shape index (κ3) is 4.50. The predicted molar refractivity (Wildman–Crippen MR) is 106 cm³/mol. The highest BCUT2D eigenvalue weighted by molar-refractivity contribution is 7.93. The van der Waals surface area contributed by atoms with E-state index in [-0.39, 0.29) is 12.3 Å². The Balaban J connectivity index is 1.56. The molecule has 0 aliphatic carbocycles. The molecule has 150 valence electrons. The van der Waals surface area contributed by atoms with E-state index < -0.39 is 21.8 Å². The monoisotopic (exact) mass is 405 g/mol. The average Bonchev–Trinajstić information content (AvgIpc) is 3.15. The van der Waals surface area contributed by atoms with E-state index in [1.165, 1.54) is 4.31 Å². The van der Waals surface area contributed by atoms with Crippen LogP contribution < -0.4 is 14.9 Å². The molecular weight excluding hydrogens is 382 g/mol. The number of carbonyl (C=O) groups excluding carboxylic acids is 2. The zero-order valence-corrected chi connectivity index (χ0v) is 16.6. The Bertz CT molecular complexity index is 999. The molecule has 1 aromatic heterocycles. The van der Waals surface area contributed by atoms with Crippen molar-refractivity contribution in [3.05, 3.63) is 41.7 Å². The molecule has 1 aliphatic rings. The zero-order chi connectivity index (χ0) is 20.3. The highest BCUT2D eigenvalue weighted by Crippen LogP contribution is 2.26. The number of anilines is 2. The van der Waals surface area contributed by atoms with Crippen LogP contribution in [0, 0.1) is 13.8 Å². The van der Waals surface area contributed by atoms with E-state index in [0.717, 1.165) is 11.4 Å². The van der Waals surface area contributed by atoms with Gasteiger partial charge in [0.05, 0.1) is 23.7 Å². The lowest BCUT2D eigenvalue weighted by molar-refractivity contribution is -0.136. The number of aromatic nitrogens is 2. The lowest BCUT2D eigenvalue weighted by Crippen LogP contribution is -2.37. The minimum absolute atomic E-state index is 0.112. The zero-order valence-electron chi connectivity index (χ0n) is 15.8. The number of amides is 2. The van der Waals surface area contributed by atoms with Crippen LogP contribution in [0.15, 0.2) is 30.3 Å². The molecule has 0 saturated carbocycles. The van der Waals surface area contributed by atoms with Gasteiger partial charge in [0.15, 0.2) is 0 Å². The first kappa shape index (κ1) is 19.9. The van der Waals surface area contributed by atoms with E-state index in [1.807, 2.05) is 19.9 Å². The molecule has 2 aromatic rings. The molecule has 0 spiro atoms. The van der Waals surface area contributed by atoms with Crippen molar-refractivity contribution in [1.82, 2.24) is 15.1 Å². The Morgan fingerprint density at radius 3 is 2.61 bits per heavy atom. The fourth-order valence-electron chi connectivity index (χ4n) is 3.11. The number of hydrogen-bond acceptors (Lipinski definition) is 5. The second-order valence-corrected chi connectivity index (χ2v) is 8.67. The Labute approximate surface area is 163 Å². The van der Waals surface area contributed by atoms with Gasteiger partial charge in [-0.2, -0.15) is 5.10 Å². The molecule has 0 radical (unpaired) electrons. The highest BCUT2D eigenvalue weighted by Gasteiger charge is 2.28. The summed E-state index contributed by atoms with van der Waals surface area (Å²) < 4.78 is 27.1. The molecule has 3 rings (SSSR count). The van der Waals surface area contributed by atoms with Crippen LogP contribution in [0.1, 0.15) is 17.8 Å². The van der Waals surface area contributed by atoms with Crippen molar-refractivity contribution in [1.29, 1.82) is 0 Å². The Morgan fingerprint density at radius 2 is 1.96 bits per heavy atom. The van der Waals surface area contributed by atoms with E-state index in [4.69, 9.17) is 0 Å². The smallest absolute Gasteiger partial charge is 0.313 e. The van der Waals surface area contributed by atoms with Crippen LogP contribution in [0.2, 0.25) is 0 Å². The number of nitrogens with one attached hydrogen (secondary N) is 2. The first-order chi connectivity index (χ1) is 13.3. The summed E-state index contributed by atoms with van der Waals surface area (Å²) in [4.78, 5) is 24.1. The lowest BCUT2D eigenvalue weighted by Gasteiger charge is -2.17. The first-order valence-electron chi connectivity index (χ1n) is 8.97. The Kier molecular flexibility index (Phi) is 5.68. The molecule has 1 saturated heterocycles. The molecule has 2 N–H and O–H groups in total. The van der Waals surface area contributed by atoms with Gasteiger partial charge in [-0.1, -0.05) is 6.07 Å². The van der Waals surface area contributed by atoms with Crippen molar-refractivity contribution >= 4 is 33.2 Å². The van der Waals surface area contributed by atoms with Gasteiger partial charge in [0.1, 0.15) is 0 Å². The van der Waals surface area contributed by atoms with Gasteiger partial charge in [0.2, 0.25) is 10.0 Å². The van der Waals surface area contributed by atoms with Crippen molar-refractivity contribution in [3.8, 4) is 0 Å². The van der Waals surface area contributed by atoms with Crippen LogP contribution in [0.3, 0.4) is 0 Å². The van der Waals surface area contributed by atoms with E-state index >= 15 is 0 Å². The number of hydrogen-bond donors (Lipinski definition) is 2. The van der Waals surface area contributed by atoms with Crippen LogP contribution in [0.5, 0.6) is 0 Å². The van der Waals surface area contributed by atoms with Crippen molar-refractivity contribution in [3.63, 3.8) is 0 Å². The maximum atomic E-state index is 12.1. The SMILES string of the molecule is Cc1cc(C)n(CCNC(=O)C(=O)Nc2cccc(N3CCCS3(=O)=O)c2)n1. The van der Waals surface area contributed by atoms with E-state index in [9.17, 15) is 18.0 Å². The molecule has 2 heterocycles. The van der Waals surface area contributed by atoms with Gasteiger partial charge in [0.25, 0.3) is 0 Å². The Morgan fingerprint density at radius 1 is 1.18 bits per heavy atom. The molecular formula is C18H23N5O4S. The number of aryl methyl sites for hydroxylation is 2. The topological polar surface area (TPSA) is 113 Å². The van der Waals surface area contributed by atoms with Gasteiger partial charge in [-0.25, -0.2) is 8.42 Å². The molecule has 2 amide bonds. The van der Waals surface area contributed by atoms with Crippen LogP contribution in [0.4, 0.5) is 11.4 Å². The Hall–Kier alpha value is -2.88. The highest BCUT2D eigenvalue weighted by atomic mass is 32.2. The van der Waals surface area contributed by atoms with E-state index in [1.54, 1.807) is 28.9 Å². The number of carbonyl (C=O) groups is 2. The maximum Gasteiger partial charge on any atom is 0.313 e. The minimum Gasteiger partial charge on any atom is -0.346 e. The molecule has 0 atom stereocenters. The third-order valence-electron chi connectivity index (χ3n) is 4.41. The normalized spacial score (nSPS) is 15.4. The van der Waals surface area contributed by atoms with Gasteiger partial charge in [0, 0.05) is 24.5 Å². The predicted octanol–water partition coefficient (Wildman–Crippen LogP) is 0.795. The lowest BCUT2D eigenvalue weighted by atomic mass is 10.2. The fraction of sp³-hybridized carbons (Fsp3) is 0.389. The molecule has 28 heavy (non-hydrogen) atoms. The van der Waals surface area contributed by atoms with Crippen LogP contribution in [0.25, 0.3) is 0 Å². The van der Waals surface area contributed by atoms with Gasteiger partial charge in [-0.05, 0) is 44.5 Å². The number of sulfonamides is 1. The second-order valence-electron chi connectivity index (χ2n) is 6.65. The average molecular weight is 405 g/mol. The van der Waals surface area contributed by atoms with Crippen LogP contribution in [-0.2, 0) is 26.2 Å². The van der Waals surface area contributed by atoms with Crippen molar-refractivity contribution in [2.75, 3.05) is 28.5 Å². The summed E-state index contributed by atoms with van der Waals surface area (Å²) in [6, 6.07) is 8.38. The van der Waals surface area contributed by atoms with Crippen molar-refractivity contribution < 1.29 is 18.0 Å². The first-order valence-corrected chi connectivity index (χ1v) is 10.6. The van der Waals surface area contributed by atoms with Crippen LogP contribution >= 0.6 is 0 Å². The quantitative estimate of drug-likeness (QED) is 0.714. The van der Waals surface area contributed by atoms with Gasteiger partial charge in [-0.15, -0.1) is 0 Å². The summed E-state index contributed by atoms with van der Waals surface area (Å²) in [5.41, 5.74) is 2.70. The molecule has 1 fully saturated rings. The summed E-state index contributed by atoms with van der Waals surface area (Å²) in [6.07, 6.45) is 0.566. The largest absolute Gasteiger partial charge is 0.346 e. The summed E-state index contributed by atoms with van der Waals surface area (Å²) in [6.45, 7) is 4.94. The van der Waals surface area contributed by atoms with Gasteiger partial charge in [-0.3, -0.25) is 18.6 Å². The fourth-order valence-corrected chi connectivity index (χ4v) is 4.67. The van der Waals surface area contributed by atoms with Gasteiger partial charge < -0.3 is 10.6 Å². The molecule has 0 unspecified atom stereocenters. The molecule has 1 aliphatic heterocycles. The number of benzene rings is 1. The molecule has 10 heteroatoms. The van der Waals surface area contributed by atoms with E-state index in [0.29, 0.717) is 30.9 Å².